The van der Waals surface area contributed by atoms with E-state index >= 15 is 0 Å². The molecule has 0 fully saturated rings. The van der Waals surface area contributed by atoms with Crippen LogP contribution in [0.15, 0.2) is 60.0 Å². The van der Waals surface area contributed by atoms with Crippen molar-refractivity contribution < 1.29 is 21.8 Å². The average Bonchev–Trinajstić information content (AvgIpc) is 2.49. The molecule has 116 valence electrons. The van der Waals surface area contributed by atoms with E-state index in [1.54, 1.807) is 10.8 Å². The quantitative estimate of drug-likeness (QED) is 0.401. The van der Waals surface area contributed by atoms with E-state index in [4.69, 9.17) is 0 Å². The van der Waals surface area contributed by atoms with E-state index < -0.39 is 0 Å². The Hall–Kier alpha value is -2.40. The van der Waals surface area contributed by atoms with Crippen LogP contribution in [0.5, 0.6) is 0 Å². The topological polar surface area (TPSA) is 48.6 Å². The minimum absolute atomic E-state index is 0. The van der Waals surface area contributed by atoms with E-state index in [-0.39, 0.29) is 24.9 Å². The molecule has 22 heavy (non-hydrogen) atoms. The number of nitrogens with zero attached hydrogens (tertiary/aromatic N) is 3. The standard InChI is InChI=1S/C16H18N4O.ClH/c1-19(2)15-8-6-14(7-9-15)12-17-18-16(21)13-20-10-4-3-5-11-20;/h3-12H,13H2,1-2H3;1H/b17-12+;. The third-order valence-electron chi connectivity index (χ3n) is 2.92. The van der Waals surface area contributed by atoms with Crippen molar-refractivity contribution in [1.29, 1.82) is 0 Å². The summed E-state index contributed by atoms with van der Waals surface area (Å²) >= 11 is 0. The fraction of sp³-hybridized carbons (Fsp3) is 0.188. The molecule has 0 bridgehead atoms. The van der Waals surface area contributed by atoms with Crippen molar-refractivity contribution >= 4 is 17.8 Å². The molecule has 0 radical (unpaired) electrons. The molecule has 0 unspecified atom stereocenters. The highest BCUT2D eigenvalue weighted by molar-refractivity contribution is 5.82. The fourth-order valence-electron chi connectivity index (χ4n) is 1.78. The molecule has 5 nitrogen and oxygen atoms in total. The van der Waals surface area contributed by atoms with Gasteiger partial charge in [-0.2, -0.15) is 9.67 Å². The molecular weight excluding hydrogens is 300 g/mol. The number of anilines is 1. The Morgan fingerprint density at radius 1 is 1.18 bits per heavy atom. The summed E-state index contributed by atoms with van der Waals surface area (Å²) in [5.41, 5.74) is 4.58. The summed E-state index contributed by atoms with van der Waals surface area (Å²) in [6.45, 7) is 0.248. The van der Waals surface area contributed by atoms with Gasteiger partial charge in [-0.1, -0.05) is 18.2 Å². The van der Waals surface area contributed by atoms with Crippen molar-refractivity contribution in [3.05, 3.63) is 60.4 Å². The minimum Gasteiger partial charge on any atom is -1.00 e. The first-order chi connectivity index (χ1) is 10.1. The molecule has 0 aliphatic rings. The van der Waals surface area contributed by atoms with Crippen LogP contribution in [0.25, 0.3) is 0 Å². The SMILES string of the molecule is CN(C)c1ccc(/C=N/NC(=O)C[n+]2ccccc2)cc1.[Cl-]. The predicted octanol–water partition coefficient (Wildman–Crippen LogP) is -1.81. The molecule has 1 aromatic heterocycles. The Balaban J connectivity index is 0.00000242. The van der Waals surface area contributed by atoms with Crippen LogP contribution in [0, 0.1) is 0 Å². The summed E-state index contributed by atoms with van der Waals surface area (Å²) in [7, 11) is 3.98. The lowest BCUT2D eigenvalue weighted by molar-refractivity contribution is -0.684. The number of pyridine rings is 1. The molecule has 1 N–H and O–H groups in total. The zero-order chi connectivity index (χ0) is 15.1. The van der Waals surface area contributed by atoms with Gasteiger partial charge < -0.3 is 17.3 Å². The Labute approximate surface area is 136 Å². The number of hydrazone groups is 1. The third kappa shape index (κ3) is 5.54. The molecular formula is C16H19ClN4O. The lowest BCUT2D eigenvalue weighted by Crippen LogP contribution is -3.00. The first-order valence-electron chi connectivity index (χ1n) is 6.68. The molecule has 0 atom stereocenters. The average molecular weight is 319 g/mol. The van der Waals surface area contributed by atoms with Crippen molar-refractivity contribution in [2.45, 2.75) is 6.54 Å². The van der Waals surface area contributed by atoms with Crippen molar-refractivity contribution in [3.63, 3.8) is 0 Å². The maximum atomic E-state index is 11.7. The monoisotopic (exact) mass is 318 g/mol. The number of amides is 1. The maximum Gasteiger partial charge on any atom is 0.305 e. The number of aromatic nitrogens is 1. The number of halogens is 1. The number of carbonyl (C=O) groups excluding carboxylic acids is 1. The molecule has 0 aliphatic heterocycles. The number of hydrogen-bond acceptors (Lipinski definition) is 3. The fourth-order valence-corrected chi connectivity index (χ4v) is 1.78. The van der Waals surface area contributed by atoms with Crippen LogP contribution in [0.4, 0.5) is 5.69 Å². The minimum atomic E-state index is -0.160. The molecule has 2 rings (SSSR count). The molecule has 6 heteroatoms. The second-order valence-corrected chi connectivity index (χ2v) is 4.83. The van der Waals surface area contributed by atoms with E-state index in [1.807, 2.05) is 73.9 Å². The van der Waals surface area contributed by atoms with Gasteiger partial charge in [-0.15, -0.1) is 0 Å². The lowest BCUT2D eigenvalue weighted by Gasteiger charge is -2.11. The van der Waals surface area contributed by atoms with Gasteiger partial charge in [0, 0.05) is 31.9 Å². The predicted molar refractivity (Wildman–Crippen MR) is 83.1 cm³/mol. The van der Waals surface area contributed by atoms with E-state index in [0.29, 0.717) is 0 Å². The highest BCUT2D eigenvalue weighted by Crippen LogP contribution is 2.10. The number of benzene rings is 1. The van der Waals surface area contributed by atoms with Gasteiger partial charge in [0.2, 0.25) is 6.54 Å². The first-order valence-corrected chi connectivity index (χ1v) is 6.68. The van der Waals surface area contributed by atoms with Crippen LogP contribution in [0.2, 0.25) is 0 Å². The Kier molecular flexibility index (Phi) is 7.05. The van der Waals surface area contributed by atoms with Gasteiger partial charge >= 0.3 is 5.91 Å². The Bertz CT molecular complexity index is 612. The molecule has 1 aromatic carbocycles. The van der Waals surface area contributed by atoms with Gasteiger partial charge in [0.05, 0.1) is 6.21 Å². The van der Waals surface area contributed by atoms with Gasteiger partial charge in [0.25, 0.3) is 0 Å². The van der Waals surface area contributed by atoms with Crippen LogP contribution in [-0.2, 0) is 11.3 Å². The highest BCUT2D eigenvalue weighted by Gasteiger charge is 2.06. The summed E-state index contributed by atoms with van der Waals surface area (Å²) in [5, 5.41) is 3.96. The molecule has 1 heterocycles. The van der Waals surface area contributed by atoms with Crippen LogP contribution >= 0.6 is 0 Å². The molecule has 2 aromatic rings. The van der Waals surface area contributed by atoms with E-state index in [2.05, 4.69) is 10.5 Å². The van der Waals surface area contributed by atoms with Gasteiger partial charge in [0.15, 0.2) is 12.4 Å². The molecule has 0 saturated carbocycles. The smallest absolute Gasteiger partial charge is 0.305 e. The largest absolute Gasteiger partial charge is 1.00 e. The Morgan fingerprint density at radius 3 is 2.41 bits per heavy atom. The van der Waals surface area contributed by atoms with Crippen molar-refractivity contribution in [2.75, 3.05) is 19.0 Å². The summed E-state index contributed by atoms with van der Waals surface area (Å²) < 4.78 is 1.79. The summed E-state index contributed by atoms with van der Waals surface area (Å²) in [5.74, 6) is -0.160. The zero-order valence-corrected chi connectivity index (χ0v) is 13.4. The normalized spacial score (nSPS) is 10.1. The van der Waals surface area contributed by atoms with Gasteiger partial charge in [0.1, 0.15) is 0 Å². The zero-order valence-electron chi connectivity index (χ0n) is 12.6. The van der Waals surface area contributed by atoms with Crippen LogP contribution in [0.3, 0.4) is 0 Å². The molecule has 0 saturated heterocycles. The van der Waals surface area contributed by atoms with Crippen LogP contribution in [0.1, 0.15) is 5.56 Å². The number of carbonyl (C=O) groups is 1. The van der Waals surface area contributed by atoms with E-state index in [1.165, 1.54) is 0 Å². The number of nitrogens with one attached hydrogen (secondary N) is 1. The van der Waals surface area contributed by atoms with Crippen molar-refractivity contribution in [2.24, 2.45) is 5.10 Å². The maximum absolute atomic E-state index is 11.7. The lowest BCUT2D eigenvalue weighted by atomic mass is 10.2. The summed E-state index contributed by atoms with van der Waals surface area (Å²) in [6.07, 6.45) is 5.31. The van der Waals surface area contributed by atoms with Gasteiger partial charge in [-0.05, 0) is 17.7 Å². The van der Waals surface area contributed by atoms with Crippen LogP contribution in [-0.4, -0.2) is 26.2 Å². The highest BCUT2D eigenvalue weighted by atomic mass is 35.5. The van der Waals surface area contributed by atoms with Gasteiger partial charge in [-0.3, -0.25) is 4.79 Å². The van der Waals surface area contributed by atoms with Crippen molar-refractivity contribution in [1.82, 2.24) is 5.43 Å². The van der Waals surface area contributed by atoms with Crippen molar-refractivity contribution in [3.8, 4) is 0 Å². The second kappa shape index (κ2) is 8.79. The number of hydrogen-bond donors (Lipinski definition) is 1. The summed E-state index contributed by atoms with van der Waals surface area (Å²) in [4.78, 5) is 13.7. The van der Waals surface area contributed by atoms with E-state index in [9.17, 15) is 4.79 Å². The Morgan fingerprint density at radius 2 is 1.82 bits per heavy atom. The van der Waals surface area contributed by atoms with Gasteiger partial charge in [-0.25, -0.2) is 5.43 Å². The molecule has 0 spiro atoms. The first kappa shape index (κ1) is 17.7. The molecule has 0 aliphatic carbocycles. The third-order valence-corrected chi connectivity index (χ3v) is 2.92. The van der Waals surface area contributed by atoms with E-state index in [0.717, 1.165) is 11.3 Å². The molecule has 1 amide bonds. The summed E-state index contributed by atoms with van der Waals surface area (Å²) in [6, 6.07) is 13.6. The number of rotatable bonds is 5. The second-order valence-electron chi connectivity index (χ2n) is 4.83. The van der Waals surface area contributed by atoms with Crippen LogP contribution < -0.4 is 27.3 Å².